The summed E-state index contributed by atoms with van der Waals surface area (Å²) in [6, 6.07) is 9.35. The lowest BCUT2D eigenvalue weighted by Crippen LogP contribution is -2.40. The number of amides is 3. The molecule has 1 aliphatic heterocycles. The molecule has 3 amide bonds. The summed E-state index contributed by atoms with van der Waals surface area (Å²) in [5.74, 6) is -4.43. The van der Waals surface area contributed by atoms with Gasteiger partial charge in [-0.15, -0.1) is 0 Å². The number of non-ortho nitro benzene ring substituents is 1. The molecule has 13 heteroatoms. The zero-order valence-corrected chi connectivity index (χ0v) is 17.6. The minimum Gasteiger partial charge on any atom is -0.375 e. The van der Waals surface area contributed by atoms with Gasteiger partial charge in [-0.25, -0.2) is 5.43 Å². The van der Waals surface area contributed by atoms with Crippen molar-refractivity contribution in [2.45, 2.75) is 12.0 Å². The molecule has 164 valence electrons. The Balaban J connectivity index is 2.04. The maximum absolute atomic E-state index is 13.0. The molecule has 32 heavy (non-hydrogen) atoms. The Morgan fingerprint density at radius 2 is 1.88 bits per heavy atom. The zero-order chi connectivity index (χ0) is 23.6. The van der Waals surface area contributed by atoms with Crippen molar-refractivity contribution in [1.29, 1.82) is 0 Å². The summed E-state index contributed by atoms with van der Waals surface area (Å²) in [5.41, 5.74) is 3.42. The standard InChI is InChI=1S/C19H14BrN5O7/c20-10-3-1-9(2-4-10)15(26)14(23-24-17(28)16(21)27)8-19(30)12-7-11(25(31)32)5-6-13(12)22-18(19)29/h1-7,30H,8H2,(H2,21,27)(H,22,29)(H,24,28)/b23-14+/t19-/m0/s1. The highest BCUT2D eigenvalue weighted by molar-refractivity contribution is 9.10. The van der Waals surface area contributed by atoms with Gasteiger partial charge in [0.1, 0.15) is 5.71 Å². The van der Waals surface area contributed by atoms with Gasteiger partial charge in [-0.05, 0) is 30.3 Å². The van der Waals surface area contributed by atoms with Gasteiger partial charge < -0.3 is 16.2 Å². The van der Waals surface area contributed by atoms with E-state index in [0.717, 1.165) is 12.1 Å². The number of nitro groups is 1. The molecular weight excluding hydrogens is 490 g/mol. The fourth-order valence-electron chi connectivity index (χ4n) is 2.97. The average molecular weight is 504 g/mol. The second-order valence-electron chi connectivity index (χ2n) is 6.68. The molecule has 0 radical (unpaired) electrons. The summed E-state index contributed by atoms with van der Waals surface area (Å²) >= 11 is 3.22. The van der Waals surface area contributed by atoms with E-state index in [1.165, 1.54) is 18.2 Å². The number of hydrazone groups is 1. The molecule has 0 unspecified atom stereocenters. The predicted molar refractivity (Wildman–Crippen MR) is 113 cm³/mol. The normalized spacial score (nSPS) is 17.3. The van der Waals surface area contributed by atoms with Crippen molar-refractivity contribution in [3.63, 3.8) is 0 Å². The van der Waals surface area contributed by atoms with E-state index in [4.69, 9.17) is 5.73 Å². The zero-order valence-electron chi connectivity index (χ0n) is 16.0. The van der Waals surface area contributed by atoms with E-state index in [9.17, 15) is 34.4 Å². The number of rotatable bonds is 6. The number of ketones is 1. The quantitative estimate of drug-likeness (QED) is 0.146. The van der Waals surface area contributed by atoms with Gasteiger partial charge in [0.15, 0.2) is 5.60 Å². The van der Waals surface area contributed by atoms with Gasteiger partial charge in [0.05, 0.1) is 4.92 Å². The fourth-order valence-corrected chi connectivity index (χ4v) is 3.24. The number of carbonyl (C=O) groups is 4. The van der Waals surface area contributed by atoms with Crippen LogP contribution < -0.4 is 16.5 Å². The molecule has 12 nitrogen and oxygen atoms in total. The van der Waals surface area contributed by atoms with E-state index in [1.807, 2.05) is 0 Å². The Hall–Kier alpha value is -3.97. The van der Waals surface area contributed by atoms with Crippen LogP contribution in [0.15, 0.2) is 52.0 Å². The van der Waals surface area contributed by atoms with Crippen LogP contribution in [0.25, 0.3) is 0 Å². The number of anilines is 1. The predicted octanol–water partition coefficient (Wildman–Crippen LogP) is 0.728. The molecule has 5 N–H and O–H groups in total. The highest BCUT2D eigenvalue weighted by Gasteiger charge is 2.48. The maximum atomic E-state index is 13.0. The van der Waals surface area contributed by atoms with E-state index in [1.54, 1.807) is 17.6 Å². The molecule has 2 aromatic carbocycles. The van der Waals surface area contributed by atoms with E-state index >= 15 is 0 Å². The van der Waals surface area contributed by atoms with E-state index in [2.05, 4.69) is 26.3 Å². The number of halogens is 1. The topological polar surface area (TPSA) is 194 Å². The van der Waals surface area contributed by atoms with Crippen molar-refractivity contribution in [3.05, 3.63) is 68.2 Å². The number of benzene rings is 2. The molecule has 3 rings (SSSR count). The van der Waals surface area contributed by atoms with Crippen molar-refractivity contribution in [2.75, 3.05) is 5.32 Å². The van der Waals surface area contributed by atoms with Crippen LogP contribution in [-0.4, -0.2) is 39.2 Å². The number of aliphatic hydroxyl groups is 1. The van der Waals surface area contributed by atoms with Crippen LogP contribution in [0.1, 0.15) is 22.3 Å². The van der Waals surface area contributed by atoms with Crippen LogP contribution in [0.4, 0.5) is 11.4 Å². The van der Waals surface area contributed by atoms with Crippen molar-refractivity contribution in [2.24, 2.45) is 10.8 Å². The van der Waals surface area contributed by atoms with Gasteiger partial charge in [-0.3, -0.25) is 29.3 Å². The van der Waals surface area contributed by atoms with Gasteiger partial charge >= 0.3 is 11.8 Å². The van der Waals surface area contributed by atoms with Crippen LogP contribution >= 0.6 is 15.9 Å². The number of fused-ring (bicyclic) bond motifs is 1. The largest absolute Gasteiger partial charge is 0.375 e. The molecule has 0 saturated carbocycles. The number of nitrogens with one attached hydrogen (secondary N) is 2. The summed E-state index contributed by atoms with van der Waals surface area (Å²) in [4.78, 5) is 58.5. The Morgan fingerprint density at radius 3 is 2.47 bits per heavy atom. The summed E-state index contributed by atoms with van der Waals surface area (Å²) in [7, 11) is 0. The molecule has 1 aliphatic rings. The van der Waals surface area contributed by atoms with Crippen molar-refractivity contribution in [1.82, 2.24) is 5.43 Å². The number of carbonyl (C=O) groups excluding carboxylic acids is 4. The number of nitrogens with zero attached hydrogens (tertiary/aromatic N) is 2. The van der Waals surface area contributed by atoms with Crippen molar-refractivity contribution < 1.29 is 29.2 Å². The molecule has 0 fully saturated rings. The first-order valence-electron chi connectivity index (χ1n) is 8.82. The molecule has 2 aromatic rings. The fraction of sp³-hybridized carbons (Fsp3) is 0.105. The molecule has 0 bridgehead atoms. The first-order chi connectivity index (χ1) is 15.0. The van der Waals surface area contributed by atoms with Crippen LogP contribution in [0.3, 0.4) is 0 Å². The third kappa shape index (κ3) is 4.38. The number of primary amides is 1. The van der Waals surface area contributed by atoms with Gasteiger partial charge in [0.2, 0.25) is 5.78 Å². The van der Waals surface area contributed by atoms with Gasteiger partial charge in [-0.2, -0.15) is 5.10 Å². The lowest BCUT2D eigenvalue weighted by Gasteiger charge is -2.21. The Bertz CT molecular complexity index is 1200. The van der Waals surface area contributed by atoms with Gasteiger partial charge in [0.25, 0.3) is 11.6 Å². The molecule has 1 atom stereocenters. The van der Waals surface area contributed by atoms with E-state index in [-0.39, 0.29) is 16.8 Å². The van der Waals surface area contributed by atoms with Crippen LogP contribution in [-0.2, 0) is 20.0 Å². The minimum atomic E-state index is -2.41. The van der Waals surface area contributed by atoms with Crippen molar-refractivity contribution >= 4 is 56.5 Å². The van der Waals surface area contributed by atoms with Crippen LogP contribution in [0.2, 0.25) is 0 Å². The van der Waals surface area contributed by atoms with E-state index in [0.29, 0.717) is 4.47 Å². The smallest absolute Gasteiger partial charge is 0.329 e. The Morgan fingerprint density at radius 1 is 1.22 bits per heavy atom. The van der Waals surface area contributed by atoms with Gasteiger partial charge in [-0.1, -0.05) is 15.9 Å². The number of nitro benzene ring substituents is 1. The molecular formula is C19H14BrN5O7. The molecule has 1 heterocycles. The lowest BCUT2D eigenvalue weighted by atomic mass is 9.87. The maximum Gasteiger partial charge on any atom is 0.329 e. The highest BCUT2D eigenvalue weighted by atomic mass is 79.9. The number of Topliss-reactive ketones (excluding diaryl/α,β-unsaturated/α-hetero) is 1. The summed E-state index contributed by atoms with van der Waals surface area (Å²) in [6.07, 6.45) is -0.763. The average Bonchev–Trinajstić information content (AvgIpc) is 3.00. The third-order valence-corrected chi connectivity index (χ3v) is 5.12. The lowest BCUT2D eigenvalue weighted by molar-refractivity contribution is -0.385. The monoisotopic (exact) mass is 503 g/mol. The highest BCUT2D eigenvalue weighted by Crippen LogP contribution is 2.40. The minimum absolute atomic E-state index is 0.0987. The second-order valence-corrected chi connectivity index (χ2v) is 7.59. The number of hydrogen-bond donors (Lipinski definition) is 4. The Labute approximate surface area is 187 Å². The summed E-state index contributed by atoms with van der Waals surface area (Å²) < 4.78 is 0.671. The molecule has 0 aromatic heterocycles. The van der Waals surface area contributed by atoms with Gasteiger partial charge in [0, 0.05) is 39.8 Å². The second kappa shape index (κ2) is 8.64. The van der Waals surface area contributed by atoms with Crippen LogP contribution in [0.5, 0.6) is 0 Å². The van der Waals surface area contributed by atoms with E-state index < -0.39 is 51.8 Å². The molecule has 0 aliphatic carbocycles. The SMILES string of the molecule is NC(=O)C(=O)N/N=C(\C[C@@]1(O)C(=O)Nc2ccc([N+](=O)[O-])cc21)C(=O)c1ccc(Br)cc1. The number of hydrogen-bond acceptors (Lipinski definition) is 8. The Kier molecular flexibility index (Phi) is 6.13. The third-order valence-electron chi connectivity index (χ3n) is 4.59. The van der Waals surface area contributed by atoms with Crippen molar-refractivity contribution in [3.8, 4) is 0 Å². The first-order valence-corrected chi connectivity index (χ1v) is 9.61. The summed E-state index contributed by atoms with van der Waals surface area (Å²) in [6.45, 7) is 0. The van der Waals surface area contributed by atoms with Crippen LogP contribution in [0, 0.1) is 10.1 Å². The molecule has 0 saturated heterocycles. The first kappa shape index (κ1) is 22.7. The molecule has 0 spiro atoms. The summed E-state index contributed by atoms with van der Waals surface area (Å²) in [5, 5.41) is 28.2. The number of nitrogens with two attached hydrogens (primary N) is 1.